The van der Waals surface area contributed by atoms with E-state index in [-0.39, 0.29) is 5.75 Å². The minimum absolute atomic E-state index is 0.0467. The number of benzene rings is 2. The zero-order valence-electron chi connectivity index (χ0n) is 16.1. The summed E-state index contributed by atoms with van der Waals surface area (Å²) in [7, 11) is -3.51. The lowest BCUT2D eigenvalue weighted by molar-refractivity contribution is -0.113. The number of hydrogen-bond donors (Lipinski definition) is 1. The molecule has 3 aromatic rings. The number of carbonyl (C=O) groups excluding carboxylic acids is 1. The molecule has 0 unspecified atom stereocenters. The van der Waals surface area contributed by atoms with Crippen molar-refractivity contribution in [3.63, 3.8) is 0 Å². The van der Waals surface area contributed by atoms with Gasteiger partial charge in [0.1, 0.15) is 11.6 Å². The third-order valence-electron chi connectivity index (χ3n) is 4.43. The molecule has 0 radical (unpaired) electrons. The van der Waals surface area contributed by atoms with E-state index >= 15 is 0 Å². The van der Waals surface area contributed by atoms with Crippen LogP contribution in [-0.2, 0) is 27.6 Å². The summed E-state index contributed by atoms with van der Waals surface area (Å²) in [5, 5.41) is 7.79. The van der Waals surface area contributed by atoms with E-state index in [1.165, 1.54) is 10.9 Å². The minimum Gasteiger partial charge on any atom is -0.310 e. The van der Waals surface area contributed by atoms with Gasteiger partial charge in [0.15, 0.2) is 9.84 Å². The maximum atomic E-state index is 12.3. The fourth-order valence-electron chi connectivity index (χ4n) is 2.97. The fourth-order valence-corrected chi connectivity index (χ4v) is 4.64. The van der Waals surface area contributed by atoms with Gasteiger partial charge in [0.2, 0.25) is 5.91 Å². The van der Waals surface area contributed by atoms with Crippen molar-refractivity contribution < 1.29 is 13.2 Å². The normalized spacial score (nSPS) is 11.4. The Morgan fingerprint density at radius 3 is 2.57 bits per heavy atom. The molecule has 0 aliphatic carbocycles. The monoisotopic (exact) mass is 465 g/mol. The second-order valence-corrected chi connectivity index (χ2v) is 9.87. The molecular formula is C21H21Cl2N3O3S. The van der Waals surface area contributed by atoms with Gasteiger partial charge in [0.25, 0.3) is 0 Å². The summed E-state index contributed by atoms with van der Waals surface area (Å²) >= 11 is 12.1. The molecule has 0 saturated heterocycles. The Morgan fingerprint density at radius 1 is 1.07 bits per heavy atom. The third-order valence-corrected chi connectivity index (χ3v) is 6.63. The molecule has 1 N–H and O–H groups in total. The van der Waals surface area contributed by atoms with Crippen LogP contribution in [0.4, 0.5) is 5.82 Å². The van der Waals surface area contributed by atoms with Crippen LogP contribution in [0.25, 0.3) is 0 Å². The highest BCUT2D eigenvalue weighted by Crippen LogP contribution is 2.22. The fraction of sp³-hybridized carbons (Fsp3) is 0.238. The average molecular weight is 466 g/mol. The molecule has 2 aromatic carbocycles. The molecule has 1 heterocycles. The van der Waals surface area contributed by atoms with Gasteiger partial charge in [-0.2, -0.15) is 5.10 Å². The lowest BCUT2D eigenvalue weighted by Crippen LogP contribution is -2.26. The van der Waals surface area contributed by atoms with E-state index in [0.717, 1.165) is 11.1 Å². The predicted octanol–water partition coefficient (Wildman–Crippen LogP) is 4.22. The first kappa shape index (κ1) is 22.3. The molecule has 3 rings (SSSR count). The molecule has 158 valence electrons. The van der Waals surface area contributed by atoms with E-state index in [0.29, 0.717) is 35.2 Å². The largest absolute Gasteiger partial charge is 0.310 e. The van der Waals surface area contributed by atoms with Crippen molar-refractivity contribution in [2.75, 3.05) is 16.8 Å². The second-order valence-electron chi connectivity index (χ2n) is 6.84. The molecule has 0 fully saturated rings. The molecule has 9 heteroatoms. The number of aryl methyl sites for hydroxylation is 1. The molecule has 1 amide bonds. The van der Waals surface area contributed by atoms with Crippen molar-refractivity contribution in [3.8, 4) is 0 Å². The molecule has 1 aromatic heterocycles. The zero-order chi connectivity index (χ0) is 21.6. The van der Waals surface area contributed by atoms with E-state index < -0.39 is 21.5 Å². The highest BCUT2D eigenvalue weighted by atomic mass is 35.5. The van der Waals surface area contributed by atoms with Gasteiger partial charge in [-0.25, -0.2) is 13.1 Å². The highest BCUT2D eigenvalue weighted by molar-refractivity contribution is 7.92. The van der Waals surface area contributed by atoms with Gasteiger partial charge in [-0.3, -0.25) is 4.79 Å². The molecular weight excluding hydrogens is 445 g/mol. The van der Waals surface area contributed by atoms with E-state index in [9.17, 15) is 13.2 Å². The first-order valence-corrected chi connectivity index (χ1v) is 11.9. The molecule has 0 saturated carbocycles. The van der Waals surface area contributed by atoms with Crippen LogP contribution in [-0.4, -0.2) is 35.6 Å². The van der Waals surface area contributed by atoms with Crippen LogP contribution in [0.3, 0.4) is 0 Å². The first-order valence-electron chi connectivity index (χ1n) is 9.32. The average Bonchev–Trinajstić information content (AvgIpc) is 3.10. The topological polar surface area (TPSA) is 81.1 Å². The number of nitrogens with zero attached hydrogens (tertiary/aromatic N) is 2. The number of nitrogens with one attached hydrogen (secondary N) is 1. The Morgan fingerprint density at radius 2 is 1.83 bits per heavy atom. The minimum atomic E-state index is -3.51. The number of hydrogen-bond acceptors (Lipinski definition) is 4. The summed E-state index contributed by atoms with van der Waals surface area (Å²) in [5.74, 6) is -0.826. The molecule has 30 heavy (non-hydrogen) atoms. The Balaban J connectivity index is 1.55. The Bertz CT molecular complexity index is 1120. The third kappa shape index (κ3) is 6.58. The van der Waals surface area contributed by atoms with Crippen molar-refractivity contribution in [1.29, 1.82) is 0 Å². The van der Waals surface area contributed by atoms with Crippen LogP contribution in [0.15, 0.2) is 60.8 Å². The van der Waals surface area contributed by atoms with Gasteiger partial charge in [-0.1, -0.05) is 59.6 Å². The molecule has 6 nitrogen and oxygen atoms in total. The van der Waals surface area contributed by atoms with E-state index in [1.807, 2.05) is 30.3 Å². The Labute approximate surface area is 185 Å². The van der Waals surface area contributed by atoms with Crippen LogP contribution in [0.1, 0.15) is 17.5 Å². The summed E-state index contributed by atoms with van der Waals surface area (Å²) < 4.78 is 26.1. The molecule has 0 spiro atoms. The van der Waals surface area contributed by atoms with Crippen LogP contribution >= 0.6 is 23.2 Å². The number of sulfone groups is 1. The van der Waals surface area contributed by atoms with Crippen LogP contribution in [0.2, 0.25) is 10.0 Å². The van der Waals surface area contributed by atoms with Gasteiger partial charge in [0, 0.05) is 16.1 Å². The second kappa shape index (κ2) is 10.1. The Kier molecular flexibility index (Phi) is 7.53. The van der Waals surface area contributed by atoms with Crippen LogP contribution < -0.4 is 5.32 Å². The van der Waals surface area contributed by atoms with Gasteiger partial charge >= 0.3 is 0 Å². The smallest absolute Gasteiger partial charge is 0.240 e. The lowest BCUT2D eigenvalue weighted by Gasteiger charge is -2.11. The van der Waals surface area contributed by atoms with Gasteiger partial charge in [-0.05, 0) is 36.1 Å². The predicted molar refractivity (Wildman–Crippen MR) is 120 cm³/mol. The van der Waals surface area contributed by atoms with Crippen LogP contribution in [0.5, 0.6) is 0 Å². The van der Waals surface area contributed by atoms with Gasteiger partial charge in [-0.15, -0.1) is 0 Å². The molecule has 0 aliphatic rings. The standard InChI is InChI=1S/C21H21Cl2N3O3S/c22-18-9-8-17(19(23)13-18)14-26-20(10-11-24-26)25-21(27)15-30(28,29)12-4-7-16-5-2-1-3-6-16/h1-3,5-6,8-11,13H,4,7,12,14-15H2,(H,25,27). The number of amides is 1. The highest BCUT2D eigenvalue weighted by Gasteiger charge is 2.18. The van der Waals surface area contributed by atoms with Crippen LogP contribution in [0, 0.1) is 0 Å². The SMILES string of the molecule is O=C(CS(=O)(=O)CCCc1ccccc1)Nc1ccnn1Cc1ccc(Cl)cc1Cl. The maximum Gasteiger partial charge on any atom is 0.240 e. The summed E-state index contributed by atoms with van der Waals surface area (Å²) in [6.07, 6.45) is 2.64. The van der Waals surface area contributed by atoms with Crippen molar-refractivity contribution in [1.82, 2.24) is 9.78 Å². The Hall–Kier alpha value is -2.35. The molecule has 0 aliphatic heterocycles. The van der Waals surface area contributed by atoms with Crippen molar-refractivity contribution in [2.24, 2.45) is 0 Å². The zero-order valence-corrected chi connectivity index (χ0v) is 18.4. The van der Waals surface area contributed by atoms with Crippen molar-refractivity contribution in [3.05, 3.63) is 82.0 Å². The number of aromatic nitrogens is 2. The van der Waals surface area contributed by atoms with Gasteiger partial charge < -0.3 is 5.32 Å². The summed E-state index contributed by atoms with van der Waals surface area (Å²) in [6.45, 7) is 0.308. The molecule has 0 atom stereocenters. The first-order chi connectivity index (χ1) is 14.3. The molecule has 0 bridgehead atoms. The lowest BCUT2D eigenvalue weighted by atomic mass is 10.1. The van der Waals surface area contributed by atoms with E-state index in [4.69, 9.17) is 23.2 Å². The number of anilines is 1. The van der Waals surface area contributed by atoms with Crippen molar-refractivity contribution >= 4 is 44.8 Å². The summed E-state index contributed by atoms with van der Waals surface area (Å²) in [6, 6.07) is 16.4. The quantitative estimate of drug-likeness (QED) is 0.512. The number of halogens is 2. The number of rotatable bonds is 9. The van der Waals surface area contributed by atoms with E-state index in [1.54, 1.807) is 24.3 Å². The van der Waals surface area contributed by atoms with Crippen molar-refractivity contribution in [2.45, 2.75) is 19.4 Å². The summed E-state index contributed by atoms with van der Waals surface area (Å²) in [4.78, 5) is 12.3. The van der Waals surface area contributed by atoms with E-state index in [2.05, 4.69) is 10.4 Å². The summed E-state index contributed by atoms with van der Waals surface area (Å²) in [5.41, 5.74) is 1.84. The van der Waals surface area contributed by atoms with Gasteiger partial charge in [0.05, 0.1) is 18.5 Å². The maximum absolute atomic E-state index is 12.3. The number of carbonyl (C=O) groups is 1.